The lowest BCUT2D eigenvalue weighted by atomic mass is 9.97. The minimum atomic E-state index is -1.31. The van der Waals surface area contributed by atoms with Gasteiger partial charge in [0.25, 0.3) is 5.91 Å². The minimum absolute atomic E-state index is 0.00895. The zero-order chi connectivity index (χ0) is 37.6. The molecule has 284 valence electrons. The summed E-state index contributed by atoms with van der Waals surface area (Å²) in [6.45, 7) is 5.40. The van der Waals surface area contributed by atoms with E-state index in [1.807, 2.05) is 13.0 Å². The summed E-state index contributed by atoms with van der Waals surface area (Å²) in [4.78, 5) is 85.3. The molecule has 6 rings (SSSR count). The van der Waals surface area contributed by atoms with Crippen LogP contribution in [0.1, 0.15) is 31.7 Å². The first-order valence-corrected chi connectivity index (χ1v) is 21.5. The van der Waals surface area contributed by atoms with Crippen molar-refractivity contribution in [2.75, 3.05) is 42.7 Å². The van der Waals surface area contributed by atoms with Crippen molar-refractivity contribution >= 4 is 100 Å². The number of β-lactam (4-membered cyclic amide) rings is 1. The number of allylic oxidation sites excluding steroid dienone is 3. The van der Waals surface area contributed by atoms with Crippen LogP contribution in [0.5, 0.6) is 0 Å². The summed E-state index contributed by atoms with van der Waals surface area (Å²) in [5.41, 5.74) is 2.03. The number of aliphatic imine (C=N–C) groups is 1. The number of hydrogen-bond donors (Lipinski definition) is 3. The van der Waals surface area contributed by atoms with E-state index >= 15 is 0 Å². The highest BCUT2D eigenvalue weighted by molar-refractivity contribution is 8.20. The van der Waals surface area contributed by atoms with Crippen LogP contribution in [0, 0.1) is 6.92 Å². The number of rotatable bonds is 12. The Morgan fingerprint density at radius 2 is 1.94 bits per heavy atom. The van der Waals surface area contributed by atoms with Crippen molar-refractivity contribution in [2.24, 2.45) is 4.99 Å². The third-order valence-electron chi connectivity index (χ3n) is 8.02. The molecular formula is C31H36N8O9S5. The highest BCUT2D eigenvalue weighted by atomic mass is 32.2. The van der Waals surface area contributed by atoms with Crippen LogP contribution >= 0.6 is 58.4 Å². The molecule has 1 aromatic rings. The summed E-state index contributed by atoms with van der Waals surface area (Å²) >= 11 is 7.51. The predicted octanol–water partition coefficient (Wildman–Crippen LogP) is 3.20. The van der Waals surface area contributed by atoms with Crippen LogP contribution < -0.4 is 16.0 Å². The van der Waals surface area contributed by atoms with Crippen molar-refractivity contribution in [1.29, 1.82) is 0 Å². The van der Waals surface area contributed by atoms with Gasteiger partial charge in [0.15, 0.2) is 4.34 Å². The van der Waals surface area contributed by atoms with Gasteiger partial charge < -0.3 is 30.2 Å². The Morgan fingerprint density at radius 1 is 1.15 bits per heavy atom. The van der Waals surface area contributed by atoms with Crippen LogP contribution in [0.15, 0.2) is 44.0 Å². The Kier molecular flexibility index (Phi) is 12.9. The van der Waals surface area contributed by atoms with E-state index in [0.717, 1.165) is 21.4 Å². The lowest BCUT2D eigenvalue weighted by Crippen LogP contribution is -2.70. The van der Waals surface area contributed by atoms with Crippen molar-refractivity contribution in [1.82, 2.24) is 35.9 Å². The van der Waals surface area contributed by atoms with Crippen molar-refractivity contribution < 1.29 is 43.0 Å². The maximum atomic E-state index is 13.7. The molecule has 53 heavy (non-hydrogen) atoms. The monoisotopic (exact) mass is 824 g/mol. The van der Waals surface area contributed by atoms with Crippen LogP contribution in [0.4, 0.5) is 14.4 Å². The van der Waals surface area contributed by atoms with Crippen LogP contribution in [0.3, 0.4) is 0 Å². The molecule has 1 aromatic heterocycles. The summed E-state index contributed by atoms with van der Waals surface area (Å²) < 4.78 is 15.8. The number of ether oxygens (including phenoxy) is 3. The second-order valence-electron chi connectivity index (χ2n) is 11.7. The largest absolute Gasteiger partial charge is 0.511 e. The fourth-order valence-electron chi connectivity index (χ4n) is 5.67. The van der Waals surface area contributed by atoms with Gasteiger partial charge in [-0.1, -0.05) is 35.3 Å². The molecule has 0 aromatic carbocycles. The van der Waals surface area contributed by atoms with Crippen LogP contribution in [-0.4, -0.2) is 127 Å². The summed E-state index contributed by atoms with van der Waals surface area (Å²) in [7, 11) is 0. The predicted molar refractivity (Wildman–Crippen MR) is 201 cm³/mol. The molecule has 6 amide bonds. The first-order valence-electron chi connectivity index (χ1n) is 16.5. The molecule has 0 radical (unpaired) electrons. The molecule has 0 saturated carbocycles. The average Bonchev–Trinajstić information content (AvgIpc) is 3.90. The Balaban J connectivity index is 1.18. The quantitative estimate of drug-likeness (QED) is 0.120. The number of nitrogens with one attached hydrogen (secondary N) is 3. The first-order chi connectivity index (χ1) is 25.5. The van der Waals surface area contributed by atoms with E-state index in [0.29, 0.717) is 51.4 Å². The third-order valence-corrected chi connectivity index (χ3v) is 14.2. The minimum Gasteiger partial charge on any atom is -0.435 e. The number of nitrogens with zero attached hydrogens (tertiary/aromatic N) is 5. The number of esters is 1. The van der Waals surface area contributed by atoms with E-state index in [9.17, 15) is 28.8 Å². The molecule has 1 aliphatic carbocycles. The van der Waals surface area contributed by atoms with E-state index in [-0.39, 0.29) is 30.0 Å². The second-order valence-corrected chi connectivity index (χ2v) is 17.9. The molecule has 3 N–H and O–H groups in total. The Hall–Kier alpha value is -3.73. The van der Waals surface area contributed by atoms with Gasteiger partial charge in [0.2, 0.25) is 12.2 Å². The van der Waals surface area contributed by atoms with Gasteiger partial charge in [-0.3, -0.25) is 19.5 Å². The molecule has 0 spiro atoms. The summed E-state index contributed by atoms with van der Waals surface area (Å²) in [5, 5.41) is 16.6. The zero-order valence-electron chi connectivity index (χ0n) is 28.8. The molecule has 2 unspecified atom stereocenters. The van der Waals surface area contributed by atoms with Gasteiger partial charge in [-0.05, 0) is 25.0 Å². The Bertz CT molecular complexity index is 1790. The standard InChI is InChI=1S/C31H36N8O9S5/c1-4-46-31(45)48-16(3)47-26(42)23-18(14-52-30-37-36-15(2)53-30)13-51-25-22(24(41)39(23)25)34-20(40)12-17-6-5-7-19(33-29-49-10-11-50-29)21(17)35-28(44)38-9-8-32-27(38)43/h5-6,16,22,25,29H,4,7-14H2,1-3H3,(H,32,43)(H,34,40)(H,35,44)/t16?,22?,25-/m0/s1. The first kappa shape index (κ1) is 39.0. The van der Waals surface area contributed by atoms with Gasteiger partial charge >= 0.3 is 24.2 Å². The number of carbonyl (C=O) groups is 6. The van der Waals surface area contributed by atoms with Gasteiger partial charge in [0, 0.05) is 49.4 Å². The molecule has 3 atom stereocenters. The SMILES string of the molecule is CCOC(=O)OC(C)OC(=O)C1=C(CSc2nnc(C)s2)CS[C@H]2C(NC(=O)CC3=C(NC(=O)N4CCNC4=O)C(=NC4SCCS4)CC=C3)C(=O)N12. The Labute approximate surface area is 325 Å². The van der Waals surface area contributed by atoms with Crippen LogP contribution in [-0.2, 0) is 28.6 Å². The van der Waals surface area contributed by atoms with Crippen LogP contribution in [0.2, 0.25) is 0 Å². The van der Waals surface area contributed by atoms with E-state index in [1.165, 1.54) is 46.7 Å². The number of imide groups is 1. The van der Waals surface area contributed by atoms with Gasteiger partial charge in [0.1, 0.15) is 26.8 Å². The van der Waals surface area contributed by atoms with Crippen molar-refractivity contribution in [3.05, 3.63) is 39.7 Å². The number of aromatic nitrogens is 2. The van der Waals surface area contributed by atoms with Gasteiger partial charge in [-0.25, -0.2) is 24.1 Å². The van der Waals surface area contributed by atoms with Gasteiger partial charge in [0.05, 0.1) is 24.4 Å². The summed E-state index contributed by atoms with van der Waals surface area (Å²) in [5.74, 6) is 0.661. The lowest BCUT2D eigenvalue weighted by molar-refractivity contribution is -0.169. The highest BCUT2D eigenvalue weighted by Gasteiger charge is 2.54. The summed E-state index contributed by atoms with van der Waals surface area (Å²) in [6, 6.07) is -2.10. The summed E-state index contributed by atoms with van der Waals surface area (Å²) in [6.07, 6.45) is 1.50. The number of carbonyl (C=O) groups excluding carboxylic acids is 6. The Morgan fingerprint density at radius 3 is 2.64 bits per heavy atom. The van der Waals surface area contributed by atoms with Crippen molar-refractivity contribution in [3.63, 3.8) is 0 Å². The van der Waals surface area contributed by atoms with E-state index in [2.05, 4.69) is 26.1 Å². The molecule has 22 heteroatoms. The molecule has 4 aliphatic heterocycles. The maximum absolute atomic E-state index is 13.7. The fraction of sp³-hybridized carbons (Fsp3) is 0.516. The number of amides is 6. The molecule has 5 aliphatic rings. The second kappa shape index (κ2) is 17.6. The van der Waals surface area contributed by atoms with Crippen LogP contribution in [0.25, 0.3) is 0 Å². The number of thioether (sulfide) groups is 4. The van der Waals surface area contributed by atoms with Gasteiger partial charge in [-0.15, -0.1) is 45.5 Å². The molecule has 3 saturated heterocycles. The lowest BCUT2D eigenvalue weighted by Gasteiger charge is -2.49. The zero-order valence-corrected chi connectivity index (χ0v) is 32.9. The molecule has 3 fully saturated rings. The van der Waals surface area contributed by atoms with Crippen molar-refractivity contribution in [2.45, 2.75) is 60.4 Å². The molecule has 0 bridgehead atoms. The van der Waals surface area contributed by atoms with E-state index < -0.39 is 53.7 Å². The topological polar surface area (TPSA) is 211 Å². The number of hydrogen-bond acceptors (Lipinski definition) is 17. The van der Waals surface area contributed by atoms with Crippen molar-refractivity contribution in [3.8, 4) is 0 Å². The normalized spacial score (nSPS) is 22.7. The smallest absolute Gasteiger partial charge is 0.435 e. The molecular weight excluding hydrogens is 789 g/mol. The average molecular weight is 825 g/mol. The number of fused-ring (bicyclic) bond motifs is 1. The maximum Gasteiger partial charge on any atom is 0.511 e. The van der Waals surface area contributed by atoms with Gasteiger partial charge in [-0.2, -0.15) is 0 Å². The van der Waals surface area contributed by atoms with E-state index in [4.69, 9.17) is 19.2 Å². The molecule has 5 heterocycles. The number of urea groups is 2. The fourth-order valence-corrected chi connectivity index (χ4v) is 11.5. The third kappa shape index (κ3) is 9.33. The molecule has 17 nitrogen and oxygen atoms in total. The highest BCUT2D eigenvalue weighted by Crippen LogP contribution is 2.42. The van der Waals surface area contributed by atoms with E-state index in [1.54, 1.807) is 36.5 Å². The number of aryl methyl sites for hydroxylation is 1.